The number of thioether (sulfide) groups is 1. The molecule has 2 aromatic carbocycles. The van der Waals surface area contributed by atoms with Crippen molar-refractivity contribution in [2.45, 2.75) is 13.8 Å². The Morgan fingerprint density at radius 2 is 1.79 bits per heavy atom. The number of hydrogen-bond donors (Lipinski definition) is 0. The molecule has 0 unspecified atom stereocenters. The van der Waals surface area contributed by atoms with Gasteiger partial charge < -0.3 is 4.74 Å². The highest BCUT2D eigenvalue weighted by molar-refractivity contribution is 8.18. The Bertz CT molecular complexity index is 874. The van der Waals surface area contributed by atoms with Crippen LogP contribution in [0.2, 0.25) is 0 Å². The standard InChI is InChI=1S/C22H25N3O2S/c1-16(2)15-27-19-12-10-17(11-13-19)14-20-21(26)25(24(3)4)22(28-20)23-18-8-6-5-7-9-18/h5-14,16H,15H2,1-4H3/b20-14+,23-22?. The molecule has 6 heteroatoms. The van der Waals surface area contributed by atoms with Crippen LogP contribution in [-0.4, -0.2) is 41.8 Å². The number of hydrogen-bond acceptors (Lipinski definition) is 5. The summed E-state index contributed by atoms with van der Waals surface area (Å²) in [4.78, 5) is 18.2. The number of ether oxygens (including phenoxy) is 1. The van der Waals surface area contributed by atoms with Gasteiger partial charge in [0.05, 0.1) is 17.2 Å². The Morgan fingerprint density at radius 1 is 1.11 bits per heavy atom. The van der Waals surface area contributed by atoms with Crippen molar-refractivity contribution in [3.8, 4) is 5.75 Å². The molecule has 146 valence electrons. The predicted octanol–water partition coefficient (Wildman–Crippen LogP) is 4.80. The van der Waals surface area contributed by atoms with Crippen LogP contribution in [0.5, 0.6) is 5.75 Å². The van der Waals surface area contributed by atoms with E-state index in [2.05, 4.69) is 18.8 Å². The molecule has 0 radical (unpaired) electrons. The molecule has 3 rings (SSSR count). The van der Waals surface area contributed by atoms with Crippen molar-refractivity contribution >= 4 is 34.6 Å². The molecule has 2 aromatic rings. The fourth-order valence-corrected chi connectivity index (χ4v) is 3.63. The first-order chi connectivity index (χ1) is 13.4. The fraction of sp³-hybridized carbons (Fsp3) is 0.273. The van der Waals surface area contributed by atoms with Crippen LogP contribution in [-0.2, 0) is 4.79 Å². The maximum atomic E-state index is 12.9. The number of hydrazine groups is 1. The van der Waals surface area contributed by atoms with E-state index in [4.69, 9.17) is 4.74 Å². The molecule has 0 bridgehead atoms. The average molecular weight is 396 g/mol. The molecule has 1 aliphatic rings. The third kappa shape index (κ3) is 5.03. The number of carbonyl (C=O) groups is 1. The molecule has 1 heterocycles. The van der Waals surface area contributed by atoms with E-state index in [9.17, 15) is 4.79 Å². The number of nitrogens with zero attached hydrogens (tertiary/aromatic N) is 3. The minimum absolute atomic E-state index is 0.0789. The van der Waals surface area contributed by atoms with Gasteiger partial charge in [-0.3, -0.25) is 4.79 Å². The maximum Gasteiger partial charge on any atom is 0.281 e. The lowest BCUT2D eigenvalue weighted by atomic mass is 10.2. The topological polar surface area (TPSA) is 45.1 Å². The molecule has 28 heavy (non-hydrogen) atoms. The molecular weight excluding hydrogens is 370 g/mol. The summed E-state index contributed by atoms with van der Waals surface area (Å²) in [6.45, 7) is 4.92. The minimum atomic E-state index is -0.0789. The molecule has 1 fully saturated rings. The van der Waals surface area contributed by atoms with E-state index in [1.165, 1.54) is 11.8 Å². The van der Waals surface area contributed by atoms with Crippen molar-refractivity contribution in [3.05, 3.63) is 65.1 Å². The monoisotopic (exact) mass is 395 g/mol. The highest BCUT2D eigenvalue weighted by Crippen LogP contribution is 2.34. The lowest BCUT2D eigenvalue weighted by Crippen LogP contribution is -2.40. The van der Waals surface area contributed by atoms with Crippen LogP contribution < -0.4 is 4.74 Å². The van der Waals surface area contributed by atoms with Crippen molar-refractivity contribution in [1.82, 2.24) is 10.0 Å². The van der Waals surface area contributed by atoms with Gasteiger partial charge in [-0.15, -0.1) is 0 Å². The van der Waals surface area contributed by atoms with Crippen molar-refractivity contribution in [2.24, 2.45) is 10.9 Å². The summed E-state index contributed by atoms with van der Waals surface area (Å²) in [7, 11) is 3.67. The number of amides is 1. The zero-order chi connectivity index (χ0) is 20.1. The summed E-state index contributed by atoms with van der Waals surface area (Å²) in [6.07, 6.45) is 1.89. The first-order valence-corrected chi connectivity index (χ1v) is 10.0. The van der Waals surface area contributed by atoms with E-state index >= 15 is 0 Å². The van der Waals surface area contributed by atoms with Crippen LogP contribution in [0, 0.1) is 5.92 Å². The third-order valence-corrected chi connectivity index (χ3v) is 4.89. The predicted molar refractivity (Wildman–Crippen MR) is 116 cm³/mol. The van der Waals surface area contributed by atoms with Gasteiger partial charge in [-0.2, -0.15) is 0 Å². The van der Waals surface area contributed by atoms with Gasteiger partial charge in [0, 0.05) is 14.1 Å². The summed E-state index contributed by atoms with van der Waals surface area (Å²) in [5, 5.41) is 3.98. The van der Waals surface area contributed by atoms with Gasteiger partial charge in [0.25, 0.3) is 5.91 Å². The SMILES string of the molecule is CC(C)COc1ccc(/C=C2/SC(=Nc3ccccc3)N(N(C)C)C2=O)cc1. The van der Waals surface area contributed by atoms with E-state index < -0.39 is 0 Å². The van der Waals surface area contributed by atoms with Crippen LogP contribution in [0.1, 0.15) is 19.4 Å². The molecule has 1 amide bonds. The molecule has 0 aliphatic carbocycles. The Kier molecular flexibility index (Phi) is 6.54. The molecule has 0 N–H and O–H groups in total. The van der Waals surface area contributed by atoms with Gasteiger partial charge >= 0.3 is 0 Å². The number of rotatable bonds is 6. The number of aliphatic imine (C=N–C) groups is 1. The molecule has 5 nitrogen and oxygen atoms in total. The van der Waals surface area contributed by atoms with Crippen LogP contribution >= 0.6 is 11.8 Å². The normalized spacial score (nSPS) is 17.4. The van der Waals surface area contributed by atoms with E-state index in [0.717, 1.165) is 17.0 Å². The fourth-order valence-electron chi connectivity index (χ4n) is 2.58. The lowest BCUT2D eigenvalue weighted by molar-refractivity contribution is -0.130. The summed E-state index contributed by atoms with van der Waals surface area (Å²) in [5.74, 6) is 1.24. The van der Waals surface area contributed by atoms with Gasteiger partial charge in [-0.05, 0) is 53.6 Å². The molecule has 0 spiro atoms. The van der Waals surface area contributed by atoms with E-state index in [1.807, 2.05) is 74.8 Å². The lowest BCUT2D eigenvalue weighted by Gasteiger charge is -2.22. The van der Waals surface area contributed by atoms with Crippen molar-refractivity contribution < 1.29 is 9.53 Å². The first-order valence-electron chi connectivity index (χ1n) is 9.22. The summed E-state index contributed by atoms with van der Waals surface area (Å²) >= 11 is 1.38. The Hall–Kier alpha value is -2.57. The highest BCUT2D eigenvalue weighted by Gasteiger charge is 2.35. The number of benzene rings is 2. The molecule has 1 aliphatic heterocycles. The van der Waals surface area contributed by atoms with E-state index in [1.54, 1.807) is 10.0 Å². The second-order valence-electron chi connectivity index (χ2n) is 7.08. The zero-order valence-electron chi connectivity index (χ0n) is 16.6. The van der Waals surface area contributed by atoms with Gasteiger partial charge in [0.1, 0.15) is 5.75 Å². The third-order valence-electron chi connectivity index (χ3n) is 3.93. The zero-order valence-corrected chi connectivity index (χ0v) is 17.4. The van der Waals surface area contributed by atoms with E-state index in [0.29, 0.717) is 22.6 Å². The Morgan fingerprint density at radius 3 is 2.39 bits per heavy atom. The van der Waals surface area contributed by atoms with Crippen LogP contribution in [0.4, 0.5) is 5.69 Å². The number of carbonyl (C=O) groups excluding carboxylic acids is 1. The van der Waals surface area contributed by atoms with Crippen molar-refractivity contribution in [2.75, 3.05) is 20.7 Å². The molecular formula is C22H25N3O2S. The molecule has 0 saturated carbocycles. The van der Waals surface area contributed by atoms with Crippen molar-refractivity contribution in [1.29, 1.82) is 0 Å². The summed E-state index contributed by atoms with van der Waals surface area (Å²) < 4.78 is 5.72. The van der Waals surface area contributed by atoms with Gasteiger partial charge in [-0.25, -0.2) is 15.0 Å². The average Bonchev–Trinajstić information content (AvgIpc) is 2.97. The van der Waals surface area contributed by atoms with Gasteiger partial charge in [-0.1, -0.05) is 44.2 Å². The van der Waals surface area contributed by atoms with Gasteiger partial charge in [0.2, 0.25) is 0 Å². The Balaban J connectivity index is 1.82. The molecule has 1 saturated heterocycles. The van der Waals surface area contributed by atoms with E-state index in [-0.39, 0.29) is 5.91 Å². The maximum absolute atomic E-state index is 12.9. The summed E-state index contributed by atoms with van der Waals surface area (Å²) in [6, 6.07) is 17.4. The largest absolute Gasteiger partial charge is 0.493 e. The smallest absolute Gasteiger partial charge is 0.281 e. The molecule has 0 atom stereocenters. The summed E-state index contributed by atoms with van der Waals surface area (Å²) in [5.41, 5.74) is 1.77. The molecule has 0 aromatic heterocycles. The quantitative estimate of drug-likeness (QED) is 0.659. The van der Waals surface area contributed by atoms with Gasteiger partial charge in [0.15, 0.2) is 5.17 Å². The first kappa shape index (κ1) is 20.2. The highest BCUT2D eigenvalue weighted by atomic mass is 32.2. The van der Waals surface area contributed by atoms with Crippen LogP contribution in [0.25, 0.3) is 6.08 Å². The van der Waals surface area contributed by atoms with Crippen molar-refractivity contribution in [3.63, 3.8) is 0 Å². The number of para-hydroxylation sites is 1. The Labute approximate surface area is 170 Å². The minimum Gasteiger partial charge on any atom is -0.493 e. The second kappa shape index (κ2) is 9.08. The van der Waals surface area contributed by atoms with Crippen LogP contribution in [0.15, 0.2) is 64.5 Å². The van der Waals surface area contributed by atoms with Crippen LogP contribution in [0.3, 0.4) is 0 Å². The second-order valence-corrected chi connectivity index (χ2v) is 8.09. The number of amidine groups is 1.